The van der Waals surface area contributed by atoms with Crippen molar-refractivity contribution in [3.63, 3.8) is 0 Å². The van der Waals surface area contributed by atoms with Gasteiger partial charge in [0.25, 0.3) is 0 Å². The minimum absolute atomic E-state index is 0.200. The Morgan fingerprint density at radius 3 is 2.67 bits per heavy atom. The van der Waals surface area contributed by atoms with E-state index in [4.69, 9.17) is 0 Å². The van der Waals surface area contributed by atoms with Crippen molar-refractivity contribution in [3.05, 3.63) is 0 Å². The second-order valence-electron chi connectivity index (χ2n) is 6.99. The highest BCUT2D eigenvalue weighted by Gasteiger charge is 2.39. The number of hydrogen-bond acceptors (Lipinski definition) is 3. The van der Waals surface area contributed by atoms with Crippen LogP contribution in [0.1, 0.15) is 38.5 Å². The summed E-state index contributed by atoms with van der Waals surface area (Å²) in [7, 11) is 2.17. The number of nitrogens with one attached hydrogen (secondary N) is 1. The maximum atomic E-state index is 10.00. The molecule has 3 aliphatic carbocycles. The zero-order valence-corrected chi connectivity index (χ0v) is 11.6. The van der Waals surface area contributed by atoms with Gasteiger partial charge in [0.05, 0.1) is 6.10 Å². The van der Waals surface area contributed by atoms with Crippen LogP contribution in [0, 0.1) is 17.8 Å². The van der Waals surface area contributed by atoms with Crippen LogP contribution >= 0.6 is 0 Å². The molecule has 2 bridgehead atoms. The van der Waals surface area contributed by atoms with E-state index in [1.807, 2.05) is 0 Å². The Morgan fingerprint density at radius 1 is 1.22 bits per heavy atom. The van der Waals surface area contributed by atoms with Gasteiger partial charge in [-0.15, -0.1) is 0 Å². The molecule has 4 unspecified atom stereocenters. The topological polar surface area (TPSA) is 35.5 Å². The van der Waals surface area contributed by atoms with Crippen molar-refractivity contribution in [3.8, 4) is 0 Å². The van der Waals surface area contributed by atoms with Crippen LogP contribution in [0.15, 0.2) is 0 Å². The third-order valence-corrected chi connectivity index (χ3v) is 5.17. The molecule has 0 radical (unpaired) electrons. The van der Waals surface area contributed by atoms with E-state index in [-0.39, 0.29) is 6.10 Å². The first kappa shape index (κ1) is 12.9. The molecular weight excluding hydrogens is 224 g/mol. The Labute approximate surface area is 111 Å². The summed E-state index contributed by atoms with van der Waals surface area (Å²) in [5.74, 6) is 2.95. The first-order chi connectivity index (χ1) is 8.70. The predicted molar refractivity (Wildman–Crippen MR) is 73.5 cm³/mol. The molecule has 3 rings (SSSR count). The quantitative estimate of drug-likeness (QED) is 0.720. The van der Waals surface area contributed by atoms with Gasteiger partial charge < -0.3 is 15.3 Å². The summed E-state index contributed by atoms with van der Waals surface area (Å²) in [6, 6.07) is 0.704. The van der Waals surface area contributed by atoms with Crippen molar-refractivity contribution in [2.24, 2.45) is 17.8 Å². The summed E-state index contributed by atoms with van der Waals surface area (Å²) in [6.45, 7) is 2.79. The molecule has 0 aromatic rings. The molecule has 0 aromatic carbocycles. The summed E-state index contributed by atoms with van der Waals surface area (Å²) in [5, 5.41) is 13.4. The maximum Gasteiger partial charge on any atom is 0.0791 e. The van der Waals surface area contributed by atoms with Crippen molar-refractivity contribution in [1.29, 1.82) is 0 Å². The number of nitrogens with zero attached hydrogens (tertiary/aromatic N) is 1. The second-order valence-corrected chi connectivity index (χ2v) is 6.99. The molecule has 18 heavy (non-hydrogen) atoms. The lowest BCUT2D eigenvalue weighted by Crippen LogP contribution is -2.39. The standard InChI is InChI=1S/C15H28N2O/c1-17(10-15(18)8-16-14-4-5-14)9-13-7-11-2-3-12(13)6-11/h11-16,18H,2-10H2,1H3. The number of aliphatic hydroxyl groups excluding tert-OH is 1. The largest absolute Gasteiger partial charge is 0.390 e. The lowest BCUT2D eigenvalue weighted by Gasteiger charge is -2.28. The fourth-order valence-electron chi connectivity index (χ4n) is 4.09. The van der Waals surface area contributed by atoms with E-state index in [1.165, 1.54) is 45.1 Å². The lowest BCUT2D eigenvalue weighted by molar-refractivity contribution is 0.108. The molecule has 3 heteroatoms. The smallest absolute Gasteiger partial charge is 0.0791 e. The molecule has 3 fully saturated rings. The van der Waals surface area contributed by atoms with Gasteiger partial charge in [0, 0.05) is 25.7 Å². The summed E-state index contributed by atoms with van der Waals surface area (Å²) in [5.41, 5.74) is 0. The van der Waals surface area contributed by atoms with Crippen LogP contribution in [0.25, 0.3) is 0 Å². The van der Waals surface area contributed by atoms with Crippen molar-refractivity contribution in [2.45, 2.75) is 50.7 Å². The van der Waals surface area contributed by atoms with Gasteiger partial charge in [-0.25, -0.2) is 0 Å². The van der Waals surface area contributed by atoms with Gasteiger partial charge in [-0.1, -0.05) is 6.42 Å². The molecule has 3 saturated carbocycles. The Kier molecular flexibility index (Phi) is 3.92. The van der Waals surface area contributed by atoms with E-state index < -0.39 is 0 Å². The Morgan fingerprint density at radius 2 is 2.06 bits per heavy atom. The fraction of sp³-hybridized carbons (Fsp3) is 1.00. The highest BCUT2D eigenvalue weighted by Crippen LogP contribution is 2.48. The van der Waals surface area contributed by atoms with E-state index in [9.17, 15) is 5.11 Å². The minimum atomic E-state index is -0.200. The lowest BCUT2D eigenvalue weighted by atomic mass is 9.88. The third kappa shape index (κ3) is 3.25. The molecule has 2 N–H and O–H groups in total. The number of hydrogen-bond donors (Lipinski definition) is 2. The number of aliphatic hydroxyl groups is 1. The van der Waals surface area contributed by atoms with Crippen molar-refractivity contribution in [2.75, 3.05) is 26.7 Å². The zero-order valence-electron chi connectivity index (χ0n) is 11.6. The molecule has 104 valence electrons. The summed E-state index contributed by atoms with van der Waals surface area (Å²) in [4.78, 5) is 2.35. The zero-order chi connectivity index (χ0) is 12.5. The van der Waals surface area contributed by atoms with Gasteiger partial charge in [0.1, 0.15) is 0 Å². The van der Waals surface area contributed by atoms with Crippen LogP contribution in [0.2, 0.25) is 0 Å². The van der Waals surface area contributed by atoms with E-state index in [1.54, 1.807) is 0 Å². The number of rotatable bonds is 7. The molecule has 3 aliphatic rings. The summed E-state index contributed by atoms with van der Waals surface area (Å²) >= 11 is 0. The molecule has 0 amide bonds. The van der Waals surface area contributed by atoms with Gasteiger partial charge in [-0.2, -0.15) is 0 Å². The SMILES string of the molecule is CN(CC(O)CNC1CC1)CC1CC2CCC1C2. The van der Waals surface area contributed by atoms with Crippen LogP contribution in [0.3, 0.4) is 0 Å². The first-order valence-corrected chi connectivity index (χ1v) is 7.80. The molecule has 0 saturated heterocycles. The van der Waals surface area contributed by atoms with E-state index in [2.05, 4.69) is 17.3 Å². The van der Waals surface area contributed by atoms with Crippen molar-refractivity contribution >= 4 is 0 Å². The van der Waals surface area contributed by atoms with Gasteiger partial charge in [-0.3, -0.25) is 0 Å². The maximum absolute atomic E-state index is 10.00. The third-order valence-electron chi connectivity index (χ3n) is 5.17. The first-order valence-electron chi connectivity index (χ1n) is 7.80. The average Bonchev–Trinajstić information content (AvgIpc) is 2.94. The van der Waals surface area contributed by atoms with Gasteiger partial charge >= 0.3 is 0 Å². The Balaban J connectivity index is 1.34. The Hall–Kier alpha value is -0.120. The van der Waals surface area contributed by atoms with Crippen LogP contribution in [0.4, 0.5) is 0 Å². The molecule has 0 heterocycles. The normalized spacial score (nSPS) is 36.5. The molecular formula is C15H28N2O. The van der Waals surface area contributed by atoms with Crippen molar-refractivity contribution < 1.29 is 5.11 Å². The molecule has 4 atom stereocenters. The summed E-state index contributed by atoms with van der Waals surface area (Å²) < 4.78 is 0. The average molecular weight is 252 g/mol. The molecule has 0 aromatic heterocycles. The highest BCUT2D eigenvalue weighted by molar-refractivity contribution is 4.91. The van der Waals surface area contributed by atoms with E-state index >= 15 is 0 Å². The monoisotopic (exact) mass is 252 g/mol. The molecule has 0 spiro atoms. The van der Waals surface area contributed by atoms with Gasteiger partial charge in [0.2, 0.25) is 0 Å². The van der Waals surface area contributed by atoms with Crippen LogP contribution in [-0.2, 0) is 0 Å². The van der Waals surface area contributed by atoms with Crippen LogP contribution in [-0.4, -0.2) is 48.8 Å². The summed E-state index contributed by atoms with van der Waals surface area (Å²) in [6.07, 6.45) is 8.29. The highest BCUT2D eigenvalue weighted by atomic mass is 16.3. The van der Waals surface area contributed by atoms with Gasteiger partial charge in [0.15, 0.2) is 0 Å². The Bertz CT molecular complexity index is 280. The molecule has 3 nitrogen and oxygen atoms in total. The van der Waals surface area contributed by atoms with Crippen molar-refractivity contribution in [1.82, 2.24) is 10.2 Å². The number of likely N-dealkylation sites (N-methyl/N-ethyl adjacent to an activating group) is 1. The minimum Gasteiger partial charge on any atom is -0.390 e. The van der Waals surface area contributed by atoms with Crippen LogP contribution in [0.5, 0.6) is 0 Å². The van der Waals surface area contributed by atoms with E-state index in [0.717, 1.165) is 30.8 Å². The predicted octanol–water partition coefficient (Wildman–Crippen LogP) is 1.47. The van der Waals surface area contributed by atoms with Crippen LogP contribution < -0.4 is 5.32 Å². The molecule has 0 aliphatic heterocycles. The number of fused-ring (bicyclic) bond motifs is 2. The fourth-order valence-corrected chi connectivity index (χ4v) is 4.09. The second kappa shape index (κ2) is 5.48. The van der Waals surface area contributed by atoms with E-state index in [0.29, 0.717) is 6.04 Å². The van der Waals surface area contributed by atoms with Gasteiger partial charge in [-0.05, 0) is 56.9 Å².